The molecule has 3 rings (SSSR count). The summed E-state index contributed by atoms with van der Waals surface area (Å²) in [6.45, 7) is 0.882. The first-order valence-electron chi connectivity index (χ1n) is 8.63. The Morgan fingerprint density at radius 3 is 2.46 bits per heavy atom. The molecule has 150 valence electrons. The number of hydrogen-bond acceptors (Lipinski definition) is 6. The minimum absolute atomic E-state index is 0.00411. The van der Waals surface area contributed by atoms with E-state index in [0.29, 0.717) is 13.1 Å². The Bertz CT molecular complexity index is 908. The molecule has 0 bridgehead atoms. The Morgan fingerprint density at radius 2 is 1.82 bits per heavy atom. The third-order valence-corrected chi connectivity index (χ3v) is 4.51. The molecule has 0 atom stereocenters. The van der Waals surface area contributed by atoms with Crippen molar-refractivity contribution in [2.24, 2.45) is 0 Å². The molecule has 8 nitrogen and oxygen atoms in total. The third kappa shape index (κ3) is 4.00. The number of methoxy groups -OCH3 is 2. The maximum Gasteiger partial charge on any atom is 0.274 e. The molecular formula is C19H21FN2O6. The lowest BCUT2D eigenvalue weighted by molar-refractivity contribution is -0.123. The molecule has 0 spiro atoms. The van der Waals surface area contributed by atoms with Crippen LogP contribution in [0.3, 0.4) is 0 Å². The van der Waals surface area contributed by atoms with Crippen LogP contribution in [0.15, 0.2) is 35.1 Å². The van der Waals surface area contributed by atoms with Crippen LogP contribution in [0.5, 0.6) is 11.6 Å². The second-order valence-corrected chi connectivity index (χ2v) is 6.26. The largest absolute Gasteiger partial charge is 0.503 e. The zero-order chi connectivity index (χ0) is 20.3. The summed E-state index contributed by atoms with van der Waals surface area (Å²) in [5.41, 5.74) is -0.118. The number of nitrogens with zero attached hydrogens (tertiary/aromatic N) is 2. The predicted molar refractivity (Wildman–Crippen MR) is 96.8 cm³/mol. The van der Waals surface area contributed by atoms with Crippen molar-refractivity contribution in [3.63, 3.8) is 0 Å². The molecule has 2 heterocycles. The number of carbonyl (C=O) groups excluding carboxylic acids is 1. The van der Waals surface area contributed by atoms with Crippen molar-refractivity contribution < 1.29 is 28.5 Å². The Morgan fingerprint density at radius 1 is 1.14 bits per heavy atom. The molecule has 9 heteroatoms. The number of aromatic nitrogens is 1. The van der Waals surface area contributed by atoms with Gasteiger partial charge < -0.3 is 28.8 Å². The van der Waals surface area contributed by atoms with Gasteiger partial charge in [0.2, 0.25) is 5.43 Å². The van der Waals surface area contributed by atoms with E-state index in [0.717, 1.165) is 11.6 Å². The Hall–Kier alpha value is -2.91. The number of amides is 1. The van der Waals surface area contributed by atoms with Crippen molar-refractivity contribution in [2.75, 3.05) is 27.4 Å². The first-order valence-corrected chi connectivity index (χ1v) is 8.63. The quantitative estimate of drug-likeness (QED) is 0.716. The molecule has 1 amide bonds. The fourth-order valence-corrected chi connectivity index (χ4v) is 2.99. The Balaban J connectivity index is 1.87. The molecule has 0 saturated carbocycles. The number of benzene rings is 1. The topological polar surface area (TPSA) is 90.2 Å². The average Bonchev–Trinajstić information content (AvgIpc) is 2.69. The van der Waals surface area contributed by atoms with E-state index in [2.05, 4.69) is 0 Å². The number of aromatic hydroxyl groups is 1. The summed E-state index contributed by atoms with van der Waals surface area (Å²) in [7, 11) is 2.90. The van der Waals surface area contributed by atoms with Crippen molar-refractivity contribution in [3.05, 3.63) is 57.6 Å². The van der Waals surface area contributed by atoms with Crippen molar-refractivity contribution in [2.45, 2.75) is 19.4 Å². The van der Waals surface area contributed by atoms with Gasteiger partial charge in [0, 0.05) is 39.9 Å². The lowest BCUT2D eigenvalue weighted by Crippen LogP contribution is -2.41. The molecule has 0 saturated heterocycles. The fraction of sp³-hybridized carbons (Fsp3) is 0.368. The molecule has 1 aliphatic rings. The van der Waals surface area contributed by atoms with Crippen LogP contribution in [0, 0.1) is 5.82 Å². The number of fused-ring (bicyclic) bond motifs is 1. The van der Waals surface area contributed by atoms with E-state index in [4.69, 9.17) is 14.2 Å². The van der Waals surface area contributed by atoms with Gasteiger partial charge in [0.25, 0.3) is 5.91 Å². The maximum absolute atomic E-state index is 13.1. The molecule has 28 heavy (non-hydrogen) atoms. The lowest BCUT2D eigenvalue weighted by atomic mass is 10.1. The number of halogens is 1. The highest BCUT2D eigenvalue weighted by molar-refractivity contribution is 5.96. The SMILES string of the molecule is COC(COc1cc(=O)c(O)c2n1CCN(Cc1ccc(F)cc1)C2=O)OC. The first kappa shape index (κ1) is 19.8. The molecule has 1 aliphatic heterocycles. The van der Waals surface area contributed by atoms with Crippen LogP contribution in [0.25, 0.3) is 0 Å². The van der Waals surface area contributed by atoms with E-state index in [9.17, 15) is 19.1 Å². The van der Waals surface area contributed by atoms with Crippen molar-refractivity contribution >= 4 is 5.91 Å². The van der Waals surface area contributed by atoms with Gasteiger partial charge in [0.05, 0.1) is 0 Å². The van der Waals surface area contributed by atoms with Crippen LogP contribution in [0.1, 0.15) is 16.1 Å². The van der Waals surface area contributed by atoms with Gasteiger partial charge >= 0.3 is 0 Å². The molecule has 1 aromatic carbocycles. The lowest BCUT2D eigenvalue weighted by Gasteiger charge is -2.31. The van der Waals surface area contributed by atoms with Crippen molar-refractivity contribution in [3.8, 4) is 11.6 Å². The van der Waals surface area contributed by atoms with E-state index in [1.54, 1.807) is 12.1 Å². The van der Waals surface area contributed by atoms with Crippen LogP contribution in [0.2, 0.25) is 0 Å². The summed E-state index contributed by atoms with van der Waals surface area (Å²) in [6, 6.07) is 6.92. The van der Waals surface area contributed by atoms with Crippen molar-refractivity contribution in [1.82, 2.24) is 9.47 Å². The molecule has 2 aromatic rings. The molecular weight excluding hydrogens is 371 g/mol. The summed E-state index contributed by atoms with van der Waals surface area (Å²) in [5, 5.41) is 10.2. The summed E-state index contributed by atoms with van der Waals surface area (Å²) in [6.07, 6.45) is -0.644. The number of carbonyl (C=O) groups is 1. The number of rotatable bonds is 7. The molecule has 1 N–H and O–H groups in total. The second-order valence-electron chi connectivity index (χ2n) is 6.26. The highest BCUT2D eigenvalue weighted by Gasteiger charge is 2.30. The van der Waals surface area contributed by atoms with Gasteiger partial charge in [0.15, 0.2) is 23.6 Å². The van der Waals surface area contributed by atoms with Crippen molar-refractivity contribution in [1.29, 1.82) is 0 Å². The zero-order valence-corrected chi connectivity index (χ0v) is 15.6. The highest BCUT2D eigenvalue weighted by atomic mass is 19.1. The number of ether oxygens (including phenoxy) is 3. The minimum Gasteiger partial charge on any atom is -0.503 e. The standard InChI is InChI=1S/C19H21FN2O6/c1-26-16(27-2)11-28-15-9-14(23)18(24)17-19(25)21(7-8-22(15)17)10-12-3-5-13(20)6-4-12/h3-6,9,16,24H,7-8,10-11H2,1-2H3. The molecule has 1 aromatic heterocycles. The van der Waals surface area contributed by atoms with Gasteiger partial charge in [-0.2, -0.15) is 0 Å². The third-order valence-electron chi connectivity index (χ3n) is 4.51. The summed E-state index contributed by atoms with van der Waals surface area (Å²) >= 11 is 0. The Labute approximate surface area is 160 Å². The minimum atomic E-state index is -0.718. The normalized spacial score (nSPS) is 13.7. The van der Waals surface area contributed by atoms with Crippen LogP contribution < -0.4 is 10.2 Å². The van der Waals surface area contributed by atoms with E-state index < -0.39 is 23.4 Å². The van der Waals surface area contributed by atoms with Gasteiger partial charge in [-0.15, -0.1) is 0 Å². The van der Waals surface area contributed by atoms with E-state index in [1.165, 1.54) is 35.8 Å². The number of hydrogen-bond donors (Lipinski definition) is 1. The fourth-order valence-electron chi connectivity index (χ4n) is 2.99. The second kappa shape index (κ2) is 8.41. The summed E-state index contributed by atoms with van der Waals surface area (Å²) in [4.78, 5) is 26.5. The molecule has 0 unspecified atom stereocenters. The monoisotopic (exact) mass is 392 g/mol. The molecule has 0 fully saturated rings. The van der Waals surface area contributed by atoms with Crippen LogP contribution in [0.4, 0.5) is 4.39 Å². The predicted octanol–water partition coefficient (Wildman–Crippen LogP) is 1.35. The number of pyridine rings is 1. The highest BCUT2D eigenvalue weighted by Crippen LogP contribution is 2.26. The first-order chi connectivity index (χ1) is 13.4. The smallest absolute Gasteiger partial charge is 0.274 e. The summed E-state index contributed by atoms with van der Waals surface area (Å²) < 4.78 is 30.2. The van der Waals surface area contributed by atoms with Gasteiger partial charge in [-0.3, -0.25) is 9.59 Å². The van der Waals surface area contributed by atoms with E-state index in [1.807, 2.05) is 0 Å². The molecule has 0 radical (unpaired) electrons. The van der Waals surface area contributed by atoms with Crippen LogP contribution in [-0.2, 0) is 22.6 Å². The maximum atomic E-state index is 13.1. The van der Waals surface area contributed by atoms with Crippen LogP contribution in [-0.4, -0.2) is 54.1 Å². The zero-order valence-electron chi connectivity index (χ0n) is 15.6. The Kier molecular flexibility index (Phi) is 5.96. The van der Waals surface area contributed by atoms with Gasteiger partial charge in [-0.1, -0.05) is 12.1 Å². The van der Waals surface area contributed by atoms with Crippen LogP contribution >= 0.6 is 0 Å². The van der Waals surface area contributed by atoms with E-state index in [-0.39, 0.29) is 30.5 Å². The average molecular weight is 392 g/mol. The van der Waals surface area contributed by atoms with Gasteiger partial charge in [-0.25, -0.2) is 4.39 Å². The summed E-state index contributed by atoms with van der Waals surface area (Å²) in [5.74, 6) is -1.36. The van der Waals surface area contributed by atoms with Gasteiger partial charge in [-0.05, 0) is 17.7 Å². The molecule has 0 aliphatic carbocycles. The van der Waals surface area contributed by atoms with E-state index >= 15 is 0 Å². The van der Waals surface area contributed by atoms with Gasteiger partial charge in [0.1, 0.15) is 12.4 Å².